The Morgan fingerprint density at radius 1 is 1.53 bits per heavy atom. The highest BCUT2D eigenvalue weighted by atomic mass is 19.1. The molecule has 0 aromatic heterocycles. The van der Waals surface area contributed by atoms with Gasteiger partial charge in [0.1, 0.15) is 11.6 Å². The van der Waals surface area contributed by atoms with Crippen molar-refractivity contribution in [3.63, 3.8) is 0 Å². The van der Waals surface area contributed by atoms with E-state index in [-0.39, 0.29) is 23.6 Å². The fourth-order valence-electron chi connectivity index (χ4n) is 2.65. The van der Waals surface area contributed by atoms with Gasteiger partial charge in [0, 0.05) is 6.54 Å². The lowest BCUT2D eigenvalue weighted by Crippen LogP contribution is -2.38. The van der Waals surface area contributed by atoms with Crippen molar-refractivity contribution >= 4 is 5.78 Å². The highest BCUT2D eigenvalue weighted by molar-refractivity contribution is 6.00. The summed E-state index contributed by atoms with van der Waals surface area (Å²) in [6.45, 7) is 4.23. The third-order valence-electron chi connectivity index (χ3n) is 3.81. The molecule has 3 nitrogen and oxygen atoms in total. The lowest BCUT2D eigenvalue weighted by atomic mass is 9.95. The SMILES string of the molecule is CCC1CCCN(CC(=O)c2cc(F)ccc2O)C1. The minimum Gasteiger partial charge on any atom is -0.507 e. The number of ketones is 1. The number of likely N-dealkylation sites (tertiary alicyclic amines) is 1. The Labute approximate surface area is 113 Å². The molecule has 0 spiro atoms. The van der Waals surface area contributed by atoms with Crippen LogP contribution in [0, 0.1) is 11.7 Å². The van der Waals surface area contributed by atoms with Crippen LogP contribution in [0.2, 0.25) is 0 Å². The molecule has 0 aliphatic carbocycles. The molecule has 0 amide bonds. The summed E-state index contributed by atoms with van der Waals surface area (Å²) in [6, 6.07) is 3.49. The van der Waals surface area contributed by atoms with E-state index in [1.807, 2.05) is 0 Å². The van der Waals surface area contributed by atoms with Crippen molar-refractivity contribution in [2.45, 2.75) is 26.2 Å². The molecular weight excluding hydrogens is 245 g/mol. The number of rotatable bonds is 4. The van der Waals surface area contributed by atoms with Crippen LogP contribution in [0.25, 0.3) is 0 Å². The third-order valence-corrected chi connectivity index (χ3v) is 3.81. The van der Waals surface area contributed by atoms with Gasteiger partial charge in [-0.25, -0.2) is 4.39 Å². The molecule has 1 aliphatic rings. The Morgan fingerprint density at radius 3 is 3.05 bits per heavy atom. The number of hydrogen-bond donors (Lipinski definition) is 1. The largest absolute Gasteiger partial charge is 0.507 e. The second-order valence-corrected chi connectivity index (χ2v) is 5.24. The summed E-state index contributed by atoms with van der Waals surface area (Å²) >= 11 is 0. The van der Waals surface area contributed by atoms with Crippen molar-refractivity contribution in [3.8, 4) is 5.75 Å². The number of halogens is 1. The molecule has 19 heavy (non-hydrogen) atoms. The van der Waals surface area contributed by atoms with Crippen LogP contribution in [0.1, 0.15) is 36.5 Å². The highest BCUT2D eigenvalue weighted by Gasteiger charge is 2.22. The summed E-state index contributed by atoms with van der Waals surface area (Å²) in [4.78, 5) is 14.2. The zero-order valence-electron chi connectivity index (χ0n) is 11.2. The van der Waals surface area contributed by atoms with Gasteiger partial charge in [0.2, 0.25) is 0 Å². The summed E-state index contributed by atoms with van der Waals surface area (Å²) in [5, 5.41) is 9.63. The summed E-state index contributed by atoms with van der Waals surface area (Å²) in [7, 11) is 0. The van der Waals surface area contributed by atoms with Crippen molar-refractivity contribution in [1.82, 2.24) is 4.90 Å². The maximum atomic E-state index is 13.1. The van der Waals surface area contributed by atoms with Crippen molar-refractivity contribution in [3.05, 3.63) is 29.6 Å². The summed E-state index contributed by atoms with van der Waals surface area (Å²) in [5.74, 6) is -0.210. The number of carbonyl (C=O) groups is 1. The smallest absolute Gasteiger partial charge is 0.180 e. The average Bonchev–Trinajstić information content (AvgIpc) is 2.41. The van der Waals surface area contributed by atoms with E-state index in [1.54, 1.807) is 0 Å². The Hall–Kier alpha value is -1.42. The molecule has 1 aromatic carbocycles. The van der Waals surface area contributed by atoms with Gasteiger partial charge in [0.15, 0.2) is 5.78 Å². The van der Waals surface area contributed by atoms with Gasteiger partial charge < -0.3 is 5.11 Å². The van der Waals surface area contributed by atoms with E-state index < -0.39 is 5.82 Å². The molecule has 4 heteroatoms. The molecule has 1 unspecified atom stereocenters. The van der Waals surface area contributed by atoms with Gasteiger partial charge in [0.05, 0.1) is 12.1 Å². The first-order valence-corrected chi connectivity index (χ1v) is 6.84. The number of hydrogen-bond acceptors (Lipinski definition) is 3. The van der Waals surface area contributed by atoms with Gasteiger partial charge in [-0.1, -0.05) is 13.3 Å². The lowest BCUT2D eigenvalue weighted by molar-refractivity contribution is 0.0881. The molecule has 1 heterocycles. The van der Waals surface area contributed by atoms with Crippen molar-refractivity contribution in [1.29, 1.82) is 0 Å². The van der Waals surface area contributed by atoms with E-state index in [4.69, 9.17) is 0 Å². The molecule has 1 atom stereocenters. The molecular formula is C15H20FNO2. The molecule has 1 N–H and O–H groups in total. The topological polar surface area (TPSA) is 40.5 Å². The molecule has 104 valence electrons. The Bertz CT molecular complexity index is 461. The number of phenols is 1. The van der Waals surface area contributed by atoms with Crippen LogP contribution in [0.3, 0.4) is 0 Å². The third kappa shape index (κ3) is 3.53. The first kappa shape index (κ1) is 14.0. The standard InChI is InChI=1S/C15H20FNO2/c1-2-11-4-3-7-17(9-11)10-15(19)13-8-12(16)5-6-14(13)18/h5-6,8,11,18H,2-4,7,9-10H2,1H3. The second-order valence-electron chi connectivity index (χ2n) is 5.24. The zero-order valence-corrected chi connectivity index (χ0v) is 11.2. The highest BCUT2D eigenvalue weighted by Crippen LogP contribution is 2.22. The monoisotopic (exact) mass is 265 g/mol. The predicted octanol–water partition coefficient (Wildman–Crippen LogP) is 2.84. The zero-order chi connectivity index (χ0) is 13.8. The summed E-state index contributed by atoms with van der Waals surface area (Å²) in [6.07, 6.45) is 3.43. The number of piperidine rings is 1. The van der Waals surface area contributed by atoms with E-state index in [0.29, 0.717) is 5.92 Å². The van der Waals surface area contributed by atoms with Gasteiger partial charge >= 0.3 is 0 Å². The van der Waals surface area contributed by atoms with Gasteiger partial charge in [-0.15, -0.1) is 0 Å². The maximum absolute atomic E-state index is 13.1. The summed E-state index contributed by atoms with van der Waals surface area (Å²) < 4.78 is 13.1. The fourth-order valence-corrected chi connectivity index (χ4v) is 2.65. The number of Topliss-reactive ketones (excluding diaryl/α,β-unsaturated/α-hetero) is 1. The van der Waals surface area contributed by atoms with E-state index in [9.17, 15) is 14.3 Å². The van der Waals surface area contributed by atoms with Crippen LogP contribution in [-0.2, 0) is 0 Å². The molecule has 2 rings (SSSR count). The molecule has 1 fully saturated rings. The van der Waals surface area contributed by atoms with Crippen LogP contribution < -0.4 is 0 Å². The van der Waals surface area contributed by atoms with Crippen LogP contribution in [-0.4, -0.2) is 35.4 Å². The van der Waals surface area contributed by atoms with Crippen molar-refractivity contribution < 1.29 is 14.3 Å². The number of nitrogens with zero attached hydrogens (tertiary/aromatic N) is 1. The van der Waals surface area contributed by atoms with Crippen LogP contribution in [0.5, 0.6) is 5.75 Å². The first-order chi connectivity index (χ1) is 9.10. The van der Waals surface area contributed by atoms with E-state index >= 15 is 0 Å². The lowest BCUT2D eigenvalue weighted by Gasteiger charge is -2.31. The van der Waals surface area contributed by atoms with E-state index in [1.165, 1.54) is 12.5 Å². The van der Waals surface area contributed by atoms with Crippen molar-refractivity contribution in [2.24, 2.45) is 5.92 Å². The second kappa shape index (κ2) is 6.15. The number of benzene rings is 1. The average molecular weight is 265 g/mol. The molecule has 0 bridgehead atoms. The molecule has 1 aliphatic heterocycles. The Balaban J connectivity index is 2.02. The van der Waals surface area contributed by atoms with Gasteiger partial charge in [-0.3, -0.25) is 9.69 Å². The molecule has 0 radical (unpaired) electrons. The minimum absolute atomic E-state index is 0.0821. The Morgan fingerprint density at radius 2 is 2.32 bits per heavy atom. The molecule has 1 aromatic rings. The predicted molar refractivity (Wildman–Crippen MR) is 71.9 cm³/mol. The number of aromatic hydroxyl groups is 1. The van der Waals surface area contributed by atoms with Gasteiger partial charge in [0.25, 0.3) is 0 Å². The number of phenolic OH excluding ortho intramolecular Hbond substituents is 1. The van der Waals surface area contributed by atoms with E-state index in [0.717, 1.165) is 38.1 Å². The normalized spacial score (nSPS) is 20.4. The number of carbonyl (C=O) groups excluding carboxylic acids is 1. The first-order valence-electron chi connectivity index (χ1n) is 6.84. The fraction of sp³-hybridized carbons (Fsp3) is 0.533. The minimum atomic E-state index is -0.494. The van der Waals surface area contributed by atoms with Crippen LogP contribution in [0.15, 0.2) is 18.2 Å². The molecule has 0 saturated carbocycles. The molecule has 1 saturated heterocycles. The van der Waals surface area contributed by atoms with Gasteiger partial charge in [-0.2, -0.15) is 0 Å². The Kier molecular flexibility index (Phi) is 4.53. The quantitative estimate of drug-likeness (QED) is 0.851. The van der Waals surface area contributed by atoms with E-state index in [2.05, 4.69) is 11.8 Å². The van der Waals surface area contributed by atoms with Gasteiger partial charge in [-0.05, 0) is 43.5 Å². The summed E-state index contributed by atoms with van der Waals surface area (Å²) in [5.41, 5.74) is 0.0821. The maximum Gasteiger partial charge on any atom is 0.180 e. The van der Waals surface area contributed by atoms with Crippen LogP contribution in [0.4, 0.5) is 4.39 Å². The van der Waals surface area contributed by atoms with Crippen LogP contribution >= 0.6 is 0 Å². The van der Waals surface area contributed by atoms with Crippen molar-refractivity contribution in [2.75, 3.05) is 19.6 Å².